The standard InChI is InChI=1S/C16H22N2O3/c1-13(19)18-11-5-9-16(12-18,15(20)21)8-4-7-14-6-2-3-10-17-14/h2-3,6,10H,4-5,7-9,11-12H2,1H3,(H,20,21)/t16-/m1/s1. The molecule has 2 heterocycles. The number of piperidine rings is 1. The first-order chi connectivity index (χ1) is 10.0. The molecular weight excluding hydrogens is 268 g/mol. The van der Waals surface area contributed by atoms with Crippen molar-refractivity contribution in [2.75, 3.05) is 13.1 Å². The lowest BCUT2D eigenvalue weighted by atomic mass is 9.75. The average Bonchev–Trinajstić information content (AvgIpc) is 2.48. The molecule has 1 saturated heterocycles. The summed E-state index contributed by atoms with van der Waals surface area (Å²) in [6, 6.07) is 5.76. The van der Waals surface area contributed by atoms with E-state index in [4.69, 9.17) is 0 Å². The van der Waals surface area contributed by atoms with Gasteiger partial charge in [0.25, 0.3) is 0 Å². The zero-order valence-corrected chi connectivity index (χ0v) is 12.4. The monoisotopic (exact) mass is 290 g/mol. The number of aliphatic carboxylic acids is 1. The summed E-state index contributed by atoms with van der Waals surface area (Å²) in [7, 11) is 0. The van der Waals surface area contributed by atoms with Crippen LogP contribution in [0.2, 0.25) is 0 Å². The third-order valence-corrected chi connectivity index (χ3v) is 4.29. The fourth-order valence-corrected chi connectivity index (χ4v) is 3.04. The maximum atomic E-state index is 11.7. The van der Waals surface area contributed by atoms with Crippen LogP contribution in [-0.4, -0.2) is 40.0 Å². The fourth-order valence-electron chi connectivity index (χ4n) is 3.04. The molecule has 1 atom stereocenters. The summed E-state index contributed by atoms with van der Waals surface area (Å²) in [6.45, 7) is 2.51. The highest BCUT2D eigenvalue weighted by Crippen LogP contribution is 2.35. The highest BCUT2D eigenvalue weighted by molar-refractivity contribution is 5.78. The highest BCUT2D eigenvalue weighted by Gasteiger charge is 2.42. The minimum absolute atomic E-state index is 0.0370. The molecule has 114 valence electrons. The molecule has 2 rings (SSSR count). The third kappa shape index (κ3) is 3.80. The molecule has 0 saturated carbocycles. The van der Waals surface area contributed by atoms with Gasteiger partial charge in [-0.25, -0.2) is 0 Å². The molecule has 1 amide bonds. The quantitative estimate of drug-likeness (QED) is 0.901. The van der Waals surface area contributed by atoms with Crippen molar-refractivity contribution in [1.29, 1.82) is 0 Å². The third-order valence-electron chi connectivity index (χ3n) is 4.29. The van der Waals surface area contributed by atoms with Crippen LogP contribution in [0, 0.1) is 5.41 Å². The molecule has 1 aromatic heterocycles. The zero-order valence-electron chi connectivity index (χ0n) is 12.4. The second kappa shape index (κ2) is 6.70. The van der Waals surface area contributed by atoms with Gasteiger partial charge in [0.1, 0.15) is 0 Å². The summed E-state index contributed by atoms with van der Waals surface area (Å²) < 4.78 is 0. The van der Waals surface area contributed by atoms with E-state index in [0.29, 0.717) is 25.9 Å². The number of pyridine rings is 1. The average molecular weight is 290 g/mol. The Labute approximate surface area is 125 Å². The highest BCUT2D eigenvalue weighted by atomic mass is 16.4. The van der Waals surface area contributed by atoms with Crippen molar-refractivity contribution < 1.29 is 14.7 Å². The molecule has 1 fully saturated rings. The summed E-state index contributed by atoms with van der Waals surface area (Å²) in [5, 5.41) is 9.63. The van der Waals surface area contributed by atoms with Crippen LogP contribution in [0.25, 0.3) is 0 Å². The van der Waals surface area contributed by atoms with Crippen LogP contribution in [0.15, 0.2) is 24.4 Å². The van der Waals surface area contributed by atoms with Crippen molar-refractivity contribution in [1.82, 2.24) is 9.88 Å². The number of rotatable bonds is 5. The van der Waals surface area contributed by atoms with E-state index in [1.807, 2.05) is 18.2 Å². The van der Waals surface area contributed by atoms with E-state index >= 15 is 0 Å². The summed E-state index contributed by atoms with van der Waals surface area (Å²) >= 11 is 0. The van der Waals surface area contributed by atoms with E-state index in [1.54, 1.807) is 11.1 Å². The molecule has 0 bridgehead atoms. The molecule has 1 aliphatic heterocycles. The predicted molar refractivity (Wildman–Crippen MR) is 78.7 cm³/mol. The van der Waals surface area contributed by atoms with Gasteiger partial charge in [0.05, 0.1) is 5.41 Å². The van der Waals surface area contributed by atoms with E-state index in [1.165, 1.54) is 6.92 Å². The van der Waals surface area contributed by atoms with Gasteiger partial charge in [0.2, 0.25) is 5.91 Å². The number of aromatic nitrogens is 1. The Morgan fingerprint density at radius 1 is 1.43 bits per heavy atom. The first-order valence-electron chi connectivity index (χ1n) is 7.42. The van der Waals surface area contributed by atoms with Gasteiger partial charge in [0, 0.05) is 31.9 Å². The molecule has 0 spiro atoms. The van der Waals surface area contributed by atoms with Crippen LogP contribution < -0.4 is 0 Å². The van der Waals surface area contributed by atoms with Gasteiger partial charge in [-0.3, -0.25) is 14.6 Å². The molecule has 0 aliphatic carbocycles. The van der Waals surface area contributed by atoms with E-state index in [9.17, 15) is 14.7 Å². The molecule has 5 nitrogen and oxygen atoms in total. The number of carboxylic acid groups (broad SMARTS) is 1. The first kappa shape index (κ1) is 15.5. The lowest BCUT2D eigenvalue weighted by Crippen LogP contribution is -2.49. The number of hydrogen-bond acceptors (Lipinski definition) is 3. The van der Waals surface area contributed by atoms with Crippen molar-refractivity contribution >= 4 is 11.9 Å². The molecule has 0 unspecified atom stereocenters. The van der Waals surface area contributed by atoms with Crippen molar-refractivity contribution in [2.24, 2.45) is 5.41 Å². The predicted octanol–water partition coefficient (Wildman–Crippen LogP) is 2.12. The van der Waals surface area contributed by atoms with Crippen molar-refractivity contribution in [2.45, 2.75) is 39.0 Å². The van der Waals surface area contributed by atoms with Gasteiger partial charge < -0.3 is 10.0 Å². The van der Waals surface area contributed by atoms with Gasteiger partial charge in [0.15, 0.2) is 0 Å². The van der Waals surface area contributed by atoms with Crippen molar-refractivity contribution in [3.63, 3.8) is 0 Å². The molecular formula is C16H22N2O3. The number of nitrogens with zero attached hydrogens (tertiary/aromatic N) is 2. The fraction of sp³-hybridized carbons (Fsp3) is 0.562. The summed E-state index contributed by atoms with van der Waals surface area (Å²) in [5.74, 6) is -0.820. The summed E-state index contributed by atoms with van der Waals surface area (Å²) in [6.07, 6.45) is 5.29. The van der Waals surface area contributed by atoms with Crippen molar-refractivity contribution in [3.05, 3.63) is 30.1 Å². The summed E-state index contributed by atoms with van der Waals surface area (Å²) in [4.78, 5) is 29.2. The Bertz CT molecular complexity index is 504. The lowest BCUT2D eigenvalue weighted by molar-refractivity contribution is -0.155. The Kier molecular flexibility index (Phi) is 4.94. The van der Waals surface area contributed by atoms with Crippen LogP contribution in [0.5, 0.6) is 0 Å². The van der Waals surface area contributed by atoms with E-state index in [0.717, 1.165) is 25.0 Å². The molecule has 0 radical (unpaired) electrons. The zero-order chi connectivity index (χ0) is 15.3. The molecule has 1 aliphatic rings. The minimum atomic E-state index is -0.793. The maximum Gasteiger partial charge on any atom is 0.311 e. The number of carboxylic acids is 1. The maximum absolute atomic E-state index is 11.7. The largest absolute Gasteiger partial charge is 0.481 e. The molecule has 1 aromatic rings. The Balaban J connectivity index is 1.98. The van der Waals surface area contributed by atoms with E-state index < -0.39 is 11.4 Å². The van der Waals surface area contributed by atoms with Crippen LogP contribution >= 0.6 is 0 Å². The molecule has 0 aromatic carbocycles. The Hall–Kier alpha value is -1.91. The number of carbonyl (C=O) groups excluding carboxylic acids is 1. The van der Waals surface area contributed by atoms with Crippen molar-refractivity contribution in [3.8, 4) is 0 Å². The molecule has 21 heavy (non-hydrogen) atoms. The Morgan fingerprint density at radius 2 is 2.24 bits per heavy atom. The molecule has 1 N–H and O–H groups in total. The van der Waals surface area contributed by atoms with E-state index in [-0.39, 0.29) is 5.91 Å². The smallest absolute Gasteiger partial charge is 0.311 e. The number of amides is 1. The molecule has 5 heteroatoms. The lowest BCUT2D eigenvalue weighted by Gasteiger charge is -2.39. The van der Waals surface area contributed by atoms with E-state index in [2.05, 4.69) is 4.98 Å². The minimum Gasteiger partial charge on any atom is -0.481 e. The second-order valence-electron chi connectivity index (χ2n) is 5.80. The summed E-state index contributed by atoms with van der Waals surface area (Å²) in [5.41, 5.74) is 0.191. The normalized spacial score (nSPS) is 22.0. The SMILES string of the molecule is CC(=O)N1CCC[C@@](CCCc2ccccn2)(C(=O)O)C1. The van der Waals surface area contributed by atoms with Gasteiger partial charge in [-0.2, -0.15) is 0 Å². The van der Waals surface area contributed by atoms with Gasteiger partial charge in [-0.15, -0.1) is 0 Å². The van der Waals surface area contributed by atoms with Crippen LogP contribution in [0.4, 0.5) is 0 Å². The Morgan fingerprint density at radius 3 is 2.86 bits per heavy atom. The van der Waals surface area contributed by atoms with Gasteiger partial charge >= 0.3 is 5.97 Å². The number of aryl methyl sites for hydroxylation is 1. The topological polar surface area (TPSA) is 70.5 Å². The van der Waals surface area contributed by atoms with Gasteiger partial charge in [-0.05, 0) is 44.2 Å². The first-order valence-corrected chi connectivity index (χ1v) is 7.42. The van der Waals surface area contributed by atoms with Crippen LogP contribution in [0.1, 0.15) is 38.3 Å². The van der Waals surface area contributed by atoms with Gasteiger partial charge in [-0.1, -0.05) is 6.07 Å². The number of hydrogen-bond donors (Lipinski definition) is 1. The second-order valence-corrected chi connectivity index (χ2v) is 5.80. The van der Waals surface area contributed by atoms with Crippen LogP contribution in [0.3, 0.4) is 0 Å². The number of carbonyl (C=O) groups is 2. The number of likely N-dealkylation sites (tertiary alicyclic amines) is 1. The van der Waals surface area contributed by atoms with Crippen LogP contribution in [-0.2, 0) is 16.0 Å².